The zero-order valence-corrected chi connectivity index (χ0v) is 10.2. The largest absolute Gasteiger partial charge is 0.307 e. The van der Waals surface area contributed by atoms with E-state index >= 15 is 0 Å². The predicted molar refractivity (Wildman–Crippen MR) is 67.2 cm³/mol. The first-order valence-corrected chi connectivity index (χ1v) is 5.46. The van der Waals surface area contributed by atoms with E-state index in [1.54, 1.807) is 6.20 Å². The molecule has 0 unspecified atom stereocenters. The van der Waals surface area contributed by atoms with Crippen LogP contribution in [0.3, 0.4) is 0 Å². The highest BCUT2D eigenvalue weighted by atomic mass is 16.1. The topological polar surface area (TPSA) is 57.8 Å². The van der Waals surface area contributed by atoms with Gasteiger partial charge in [-0.1, -0.05) is 17.7 Å². The van der Waals surface area contributed by atoms with Crippen molar-refractivity contribution in [3.05, 3.63) is 46.6 Å². The lowest BCUT2D eigenvalue weighted by atomic mass is 10.1. The third-order valence-corrected chi connectivity index (χ3v) is 2.71. The van der Waals surface area contributed by atoms with Gasteiger partial charge >= 0.3 is 0 Å². The maximum Gasteiger partial charge on any atom is 0.257 e. The number of benzene rings is 1. The van der Waals surface area contributed by atoms with E-state index in [1.807, 2.05) is 39.0 Å². The molecule has 88 valence electrons. The minimum Gasteiger partial charge on any atom is -0.307 e. The Kier molecular flexibility index (Phi) is 2.95. The van der Waals surface area contributed by atoms with Crippen LogP contribution in [0.5, 0.6) is 0 Å². The van der Waals surface area contributed by atoms with E-state index in [0.29, 0.717) is 11.4 Å². The molecule has 0 aliphatic heterocycles. The average molecular weight is 229 g/mol. The number of nitrogens with one attached hydrogen (secondary N) is 2. The van der Waals surface area contributed by atoms with Gasteiger partial charge < -0.3 is 5.32 Å². The van der Waals surface area contributed by atoms with E-state index < -0.39 is 0 Å². The van der Waals surface area contributed by atoms with Crippen LogP contribution in [-0.2, 0) is 0 Å². The molecule has 0 aliphatic carbocycles. The molecule has 2 N–H and O–H groups in total. The van der Waals surface area contributed by atoms with Gasteiger partial charge in [-0.2, -0.15) is 5.10 Å². The first-order chi connectivity index (χ1) is 8.08. The maximum atomic E-state index is 12.1. The number of nitrogens with zero attached hydrogens (tertiary/aromatic N) is 1. The standard InChI is InChI=1S/C13H15N3O/c1-8-4-5-9(2)11(6-8)13(17)15-12-10(3)7-14-16-12/h4-7H,1-3H3,(H2,14,15,16,17). The molecule has 0 atom stereocenters. The highest BCUT2D eigenvalue weighted by molar-refractivity contribution is 6.05. The molecule has 1 aromatic heterocycles. The smallest absolute Gasteiger partial charge is 0.257 e. The normalized spacial score (nSPS) is 10.3. The highest BCUT2D eigenvalue weighted by Gasteiger charge is 2.11. The number of hydrogen-bond donors (Lipinski definition) is 2. The zero-order chi connectivity index (χ0) is 12.4. The number of carbonyl (C=O) groups excluding carboxylic acids is 1. The maximum absolute atomic E-state index is 12.1. The van der Waals surface area contributed by atoms with Crippen molar-refractivity contribution in [3.8, 4) is 0 Å². The van der Waals surface area contributed by atoms with E-state index in [2.05, 4.69) is 15.5 Å². The molecule has 0 fully saturated rings. The summed E-state index contributed by atoms with van der Waals surface area (Å²) in [4.78, 5) is 12.1. The number of aryl methyl sites for hydroxylation is 3. The Balaban J connectivity index is 2.26. The van der Waals surface area contributed by atoms with Gasteiger partial charge in [0.25, 0.3) is 5.91 Å². The molecule has 0 aliphatic rings. The summed E-state index contributed by atoms with van der Waals surface area (Å²) in [5.74, 6) is 0.537. The van der Waals surface area contributed by atoms with E-state index in [-0.39, 0.29) is 5.91 Å². The van der Waals surface area contributed by atoms with Crippen LogP contribution in [0.15, 0.2) is 24.4 Å². The highest BCUT2D eigenvalue weighted by Crippen LogP contribution is 2.14. The molecule has 1 amide bonds. The number of amides is 1. The van der Waals surface area contributed by atoms with Gasteiger partial charge in [0.2, 0.25) is 0 Å². The molecular formula is C13H15N3O. The van der Waals surface area contributed by atoms with E-state index in [0.717, 1.165) is 16.7 Å². The van der Waals surface area contributed by atoms with Crippen molar-refractivity contribution in [1.29, 1.82) is 0 Å². The molecular weight excluding hydrogens is 214 g/mol. The summed E-state index contributed by atoms with van der Waals surface area (Å²) >= 11 is 0. The quantitative estimate of drug-likeness (QED) is 0.831. The van der Waals surface area contributed by atoms with Gasteiger partial charge in [-0.3, -0.25) is 9.89 Å². The molecule has 1 aromatic carbocycles. The predicted octanol–water partition coefficient (Wildman–Crippen LogP) is 2.59. The Bertz CT molecular complexity index is 558. The Morgan fingerprint density at radius 2 is 2.00 bits per heavy atom. The number of rotatable bonds is 2. The van der Waals surface area contributed by atoms with Crippen molar-refractivity contribution >= 4 is 11.7 Å². The van der Waals surface area contributed by atoms with Crippen molar-refractivity contribution in [1.82, 2.24) is 10.2 Å². The molecule has 4 nitrogen and oxygen atoms in total. The zero-order valence-electron chi connectivity index (χ0n) is 10.2. The Hall–Kier alpha value is -2.10. The van der Waals surface area contributed by atoms with Crippen LogP contribution in [0.2, 0.25) is 0 Å². The van der Waals surface area contributed by atoms with Crippen molar-refractivity contribution in [2.45, 2.75) is 20.8 Å². The number of aromatic amines is 1. The number of aromatic nitrogens is 2. The molecule has 0 radical (unpaired) electrons. The first-order valence-electron chi connectivity index (χ1n) is 5.46. The van der Waals surface area contributed by atoms with Gasteiger partial charge in [-0.15, -0.1) is 0 Å². The molecule has 1 heterocycles. The SMILES string of the molecule is Cc1ccc(C)c(C(=O)Nc2[nH]ncc2C)c1. The lowest BCUT2D eigenvalue weighted by molar-refractivity contribution is 0.102. The molecule has 2 rings (SSSR count). The van der Waals surface area contributed by atoms with Crippen molar-refractivity contribution in [2.75, 3.05) is 5.32 Å². The summed E-state index contributed by atoms with van der Waals surface area (Å²) < 4.78 is 0. The molecule has 0 saturated carbocycles. The summed E-state index contributed by atoms with van der Waals surface area (Å²) in [6.07, 6.45) is 1.68. The molecule has 0 spiro atoms. The summed E-state index contributed by atoms with van der Waals surface area (Å²) in [7, 11) is 0. The van der Waals surface area contributed by atoms with Gasteiger partial charge in [-0.05, 0) is 32.4 Å². The lowest BCUT2D eigenvalue weighted by Crippen LogP contribution is -2.14. The fourth-order valence-electron chi connectivity index (χ4n) is 1.63. The molecule has 2 aromatic rings. The van der Waals surface area contributed by atoms with Crippen LogP contribution >= 0.6 is 0 Å². The fourth-order valence-corrected chi connectivity index (χ4v) is 1.63. The van der Waals surface area contributed by atoms with Crippen LogP contribution in [0.1, 0.15) is 27.0 Å². The second-order valence-corrected chi connectivity index (χ2v) is 4.20. The van der Waals surface area contributed by atoms with Crippen molar-refractivity contribution in [2.24, 2.45) is 0 Å². The van der Waals surface area contributed by atoms with Crippen molar-refractivity contribution in [3.63, 3.8) is 0 Å². The lowest BCUT2D eigenvalue weighted by Gasteiger charge is -2.07. The van der Waals surface area contributed by atoms with Crippen molar-refractivity contribution < 1.29 is 4.79 Å². The number of anilines is 1. The Morgan fingerprint density at radius 1 is 1.24 bits per heavy atom. The van der Waals surface area contributed by atoms with Gasteiger partial charge in [0, 0.05) is 11.1 Å². The average Bonchev–Trinajstić information content (AvgIpc) is 2.68. The molecule has 17 heavy (non-hydrogen) atoms. The van der Waals surface area contributed by atoms with Crippen LogP contribution < -0.4 is 5.32 Å². The van der Waals surface area contributed by atoms with Gasteiger partial charge in [-0.25, -0.2) is 0 Å². The third-order valence-electron chi connectivity index (χ3n) is 2.71. The second-order valence-electron chi connectivity index (χ2n) is 4.20. The van der Waals surface area contributed by atoms with E-state index in [4.69, 9.17) is 0 Å². The van der Waals surface area contributed by atoms with E-state index in [9.17, 15) is 4.79 Å². The van der Waals surface area contributed by atoms with Crippen LogP contribution in [0.4, 0.5) is 5.82 Å². The Morgan fingerprint density at radius 3 is 2.65 bits per heavy atom. The second kappa shape index (κ2) is 4.41. The third kappa shape index (κ3) is 2.36. The monoisotopic (exact) mass is 229 g/mol. The molecule has 4 heteroatoms. The minimum absolute atomic E-state index is 0.112. The minimum atomic E-state index is -0.112. The summed E-state index contributed by atoms with van der Waals surface area (Å²) in [5.41, 5.74) is 3.65. The summed E-state index contributed by atoms with van der Waals surface area (Å²) in [5, 5.41) is 9.44. The van der Waals surface area contributed by atoms with Gasteiger partial charge in [0.1, 0.15) is 5.82 Å². The Labute approximate surface area is 100 Å². The first kappa shape index (κ1) is 11.4. The number of hydrogen-bond acceptors (Lipinski definition) is 2. The molecule has 0 saturated heterocycles. The van der Waals surface area contributed by atoms with E-state index in [1.165, 1.54) is 0 Å². The van der Waals surface area contributed by atoms with Crippen LogP contribution in [0.25, 0.3) is 0 Å². The van der Waals surface area contributed by atoms with Gasteiger partial charge in [0.05, 0.1) is 6.20 Å². The summed E-state index contributed by atoms with van der Waals surface area (Å²) in [6.45, 7) is 5.79. The number of H-pyrrole nitrogens is 1. The van der Waals surface area contributed by atoms with Crippen LogP contribution in [-0.4, -0.2) is 16.1 Å². The fraction of sp³-hybridized carbons (Fsp3) is 0.231. The summed E-state index contributed by atoms with van der Waals surface area (Å²) in [6, 6.07) is 5.83. The van der Waals surface area contributed by atoms with Crippen LogP contribution in [0, 0.1) is 20.8 Å². The van der Waals surface area contributed by atoms with Gasteiger partial charge in [0.15, 0.2) is 0 Å². The number of carbonyl (C=O) groups is 1. The molecule has 0 bridgehead atoms.